The molecule has 112 valence electrons. The number of fused-ring (bicyclic) bond motifs is 2. The van der Waals surface area contributed by atoms with Crippen molar-refractivity contribution in [2.75, 3.05) is 19.6 Å². The van der Waals surface area contributed by atoms with Crippen LogP contribution in [0.5, 0.6) is 0 Å². The Kier molecular flexibility index (Phi) is 5.35. The molecular weight excluding hydrogens is 270 g/mol. The molecule has 0 aromatic rings. The van der Waals surface area contributed by atoms with Gasteiger partial charge in [-0.2, -0.15) is 0 Å². The maximum Gasteiger partial charge on any atom is 0.234 e. The van der Waals surface area contributed by atoms with Crippen molar-refractivity contribution in [3.8, 4) is 0 Å². The van der Waals surface area contributed by atoms with Crippen molar-refractivity contribution in [3.63, 3.8) is 0 Å². The van der Waals surface area contributed by atoms with Gasteiger partial charge in [-0.1, -0.05) is 0 Å². The molecule has 2 aliphatic rings. The quantitative estimate of drug-likeness (QED) is 0.504. The Balaban J connectivity index is 2.09. The predicted octanol–water partition coefficient (Wildman–Crippen LogP) is 1.81. The number of hydrogen-bond donors (Lipinski definition) is 0. The number of isocyanates is 3. The van der Waals surface area contributed by atoms with Crippen LogP contribution in [0.25, 0.3) is 0 Å². The predicted molar refractivity (Wildman–Crippen MR) is 75.0 cm³/mol. The Morgan fingerprint density at radius 2 is 1.71 bits per heavy atom. The normalized spacial score (nSPS) is 30.9. The zero-order valence-corrected chi connectivity index (χ0v) is 12.0. The molecule has 0 aromatic heterocycles. The Morgan fingerprint density at radius 3 is 2.29 bits per heavy atom. The van der Waals surface area contributed by atoms with Crippen molar-refractivity contribution >= 4 is 18.2 Å². The fourth-order valence-corrected chi connectivity index (χ4v) is 4.36. The highest BCUT2D eigenvalue weighted by Gasteiger charge is 2.52. The van der Waals surface area contributed by atoms with E-state index in [9.17, 15) is 14.4 Å². The summed E-state index contributed by atoms with van der Waals surface area (Å²) in [5.74, 6) is 1.15. The van der Waals surface area contributed by atoms with Crippen molar-refractivity contribution in [2.24, 2.45) is 38.1 Å². The molecule has 3 atom stereocenters. The van der Waals surface area contributed by atoms with Crippen LogP contribution in [0.15, 0.2) is 15.0 Å². The molecule has 2 rings (SSSR count). The van der Waals surface area contributed by atoms with Gasteiger partial charge in [0.15, 0.2) is 0 Å². The van der Waals surface area contributed by atoms with Gasteiger partial charge in [0, 0.05) is 5.92 Å². The lowest BCUT2D eigenvalue weighted by molar-refractivity contribution is 0.147. The van der Waals surface area contributed by atoms with Crippen molar-refractivity contribution in [1.29, 1.82) is 0 Å². The molecule has 0 heterocycles. The lowest BCUT2D eigenvalue weighted by Crippen LogP contribution is -2.31. The molecule has 0 amide bonds. The first kappa shape index (κ1) is 15.5. The van der Waals surface area contributed by atoms with Gasteiger partial charge >= 0.3 is 0 Å². The zero-order valence-electron chi connectivity index (χ0n) is 12.0. The highest BCUT2D eigenvalue weighted by molar-refractivity contribution is 5.34. The average Bonchev–Trinajstić information content (AvgIpc) is 3.05. The molecule has 2 saturated carbocycles. The van der Waals surface area contributed by atoms with Crippen LogP contribution < -0.4 is 0 Å². The third-order valence-electron chi connectivity index (χ3n) is 5.13. The van der Waals surface area contributed by atoms with Crippen LogP contribution in [-0.2, 0) is 14.4 Å². The Morgan fingerprint density at radius 1 is 1.05 bits per heavy atom. The van der Waals surface area contributed by atoms with Crippen molar-refractivity contribution < 1.29 is 14.4 Å². The molecule has 0 aliphatic heterocycles. The highest BCUT2D eigenvalue weighted by atomic mass is 16.1. The van der Waals surface area contributed by atoms with Crippen LogP contribution >= 0.6 is 0 Å². The van der Waals surface area contributed by atoms with Gasteiger partial charge in [0.05, 0.1) is 19.6 Å². The smallest absolute Gasteiger partial charge is 0.211 e. The highest BCUT2D eigenvalue weighted by Crippen LogP contribution is 2.60. The van der Waals surface area contributed by atoms with Gasteiger partial charge < -0.3 is 0 Å². The summed E-state index contributed by atoms with van der Waals surface area (Å²) in [6.45, 7) is 1.20. The maximum absolute atomic E-state index is 10.4. The minimum Gasteiger partial charge on any atom is -0.211 e. The average molecular weight is 289 g/mol. The molecule has 2 aliphatic carbocycles. The molecule has 0 N–H and O–H groups in total. The monoisotopic (exact) mass is 289 g/mol. The van der Waals surface area contributed by atoms with Gasteiger partial charge in [-0.05, 0) is 49.4 Å². The minimum atomic E-state index is 0.0486. The van der Waals surface area contributed by atoms with Gasteiger partial charge in [-0.15, -0.1) is 0 Å². The summed E-state index contributed by atoms with van der Waals surface area (Å²) in [6.07, 6.45) is 10.2. The third-order valence-corrected chi connectivity index (χ3v) is 5.13. The second-order valence-corrected chi connectivity index (χ2v) is 6.27. The summed E-state index contributed by atoms with van der Waals surface area (Å²) >= 11 is 0. The molecule has 0 radical (unpaired) electrons. The first-order valence-corrected chi connectivity index (χ1v) is 7.35. The van der Waals surface area contributed by atoms with E-state index in [1.54, 1.807) is 18.2 Å². The van der Waals surface area contributed by atoms with Crippen molar-refractivity contribution in [1.82, 2.24) is 0 Å². The minimum absolute atomic E-state index is 0.0486. The fourth-order valence-electron chi connectivity index (χ4n) is 4.36. The second kappa shape index (κ2) is 7.24. The molecule has 3 unspecified atom stereocenters. The van der Waals surface area contributed by atoms with Gasteiger partial charge in [0.1, 0.15) is 0 Å². The Bertz CT molecular complexity index is 496. The van der Waals surface area contributed by atoms with E-state index >= 15 is 0 Å². The Hall–Kier alpha value is -1.86. The first-order valence-electron chi connectivity index (χ1n) is 7.35. The molecule has 0 saturated heterocycles. The standard InChI is InChI=1S/C15H19N3O3/c19-9-16-6-13(7-17-10-20)5-15-2-1-12(4-15)3-14(15)8-18-11-21/h12-14H,1-8H2. The molecule has 6 nitrogen and oxygen atoms in total. The number of carbonyl (C=O) groups excluding carboxylic acids is 3. The maximum atomic E-state index is 10.4. The van der Waals surface area contributed by atoms with E-state index in [1.807, 2.05) is 0 Å². The van der Waals surface area contributed by atoms with E-state index in [1.165, 1.54) is 6.42 Å². The number of rotatable bonds is 8. The first-order chi connectivity index (χ1) is 10.2. The van der Waals surface area contributed by atoms with E-state index in [4.69, 9.17) is 0 Å². The number of aliphatic imine (C=N–C) groups is 3. The van der Waals surface area contributed by atoms with Gasteiger partial charge in [-0.25, -0.2) is 29.4 Å². The summed E-state index contributed by atoms with van der Waals surface area (Å²) in [7, 11) is 0. The lowest BCUT2D eigenvalue weighted by atomic mass is 9.69. The molecule has 0 aromatic carbocycles. The zero-order chi connectivity index (χ0) is 15.1. The van der Waals surface area contributed by atoms with Crippen LogP contribution in [0.4, 0.5) is 0 Å². The summed E-state index contributed by atoms with van der Waals surface area (Å²) in [5.41, 5.74) is 0.145. The molecular formula is C15H19N3O3. The van der Waals surface area contributed by atoms with Crippen LogP contribution in [0, 0.1) is 23.2 Å². The summed E-state index contributed by atoms with van der Waals surface area (Å²) in [5, 5.41) is 0. The Labute approximate surface area is 123 Å². The third kappa shape index (κ3) is 3.62. The molecule has 0 spiro atoms. The van der Waals surface area contributed by atoms with Crippen molar-refractivity contribution in [2.45, 2.75) is 32.1 Å². The van der Waals surface area contributed by atoms with Gasteiger partial charge in [0.2, 0.25) is 18.2 Å². The van der Waals surface area contributed by atoms with Crippen LogP contribution in [0.2, 0.25) is 0 Å². The number of hydrogen-bond acceptors (Lipinski definition) is 6. The summed E-state index contributed by atoms with van der Waals surface area (Å²) in [6, 6.07) is 0. The van der Waals surface area contributed by atoms with Gasteiger partial charge in [0.25, 0.3) is 0 Å². The van der Waals surface area contributed by atoms with E-state index < -0.39 is 0 Å². The molecule has 2 bridgehead atoms. The fraction of sp³-hybridized carbons (Fsp3) is 0.800. The van der Waals surface area contributed by atoms with E-state index in [2.05, 4.69) is 15.0 Å². The molecule has 2 fully saturated rings. The van der Waals surface area contributed by atoms with Crippen LogP contribution in [-0.4, -0.2) is 37.9 Å². The van der Waals surface area contributed by atoms with E-state index in [-0.39, 0.29) is 11.3 Å². The molecule has 21 heavy (non-hydrogen) atoms. The lowest BCUT2D eigenvalue weighted by Gasteiger charge is -2.36. The van der Waals surface area contributed by atoms with E-state index in [0.29, 0.717) is 31.5 Å². The van der Waals surface area contributed by atoms with Gasteiger partial charge in [-0.3, -0.25) is 0 Å². The second-order valence-electron chi connectivity index (χ2n) is 6.27. The van der Waals surface area contributed by atoms with Crippen LogP contribution in [0.1, 0.15) is 32.1 Å². The summed E-state index contributed by atoms with van der Waals surface area (Å²) in [4.78, 5) is 42.1. The van der Waals surface area contributed by atoms with Crippen molar-refractivity contribution in [3.05, 3.63) is 0 Å². The van der Waals surface area contributed by atoms with Crippen LogP contribution in [0.3, 0.4) is 0 Å². The number of nitrogens with zero attached hydrogens (tertiary/aromatic N) is 3. The van der Waals surface area contributed by atoms with E-state index in [0.717, 1.165) is 25.7 Å². The topological polar surface area (TPSA) is 88.3 Å². The SMILES string of the molecule is O=C=NCC(CN=C=O)CC12CCC(CC1CN=C=O)C2. The molecule has 6 heteroatoms. The summed E-state index contributed by atoms with van der Waals surface area (Å²) < 4.78 is 0. The largest absolute Gasteiger partial charge is 0.234 e.